The van der Waals surface area contributed by atoms with E-state index in [0.717, 1.165) is 17.5 Å². The summed E-state index contributed by atoms with van der Waals surface area (Å²) in [5.74, 6) is 0.529. The van der Waals surface area contributed by atoms with Crippen molar-refractivity contribution in [3.63, 3.8) is 0 Å². The lowest BCUT2D eigenvalue weighted by Crippen LogP contribution is -2.17. The lowest BCUT2D eigenvalue weighted by Gasteiger charge is -2.27. The van der Waals surface area contributed by atoms with Crippen LogP contribution in [0, 0.1) is 0 Å². The maximum absolute atomic E-state index is 10.8. The zero-order valence-electron chi connectivity index (χ0n) is 17.3. The molecule has 0 aliphatic rings. The first-order chi connectivity index (χ1) is 11.1. The van der Waals surface area contributed by atoms with Gasteiger partial charge in [-0.3, -0.25) is 0 Å². The van der Waals surface area contributed by atoms with Crippen molar-refractivity contribution >= 4 is 0 Å². The van der Waals surface area contributed by atoms with Crippen LogP contribution < -0.4 is 0 Å². The van der Waals surface area contributed by atoms with Gasteiger partial charge < -0.3 is 5.11 Å². The molecule has 0 saturated carbocycles. The summed E-state index contributed by atoms with van der Waals surface area (Å²) in [6, 6.07) is 4.45. The van der Waals surface area contributed by atoms with Gasteiger partial charge in [0.2, 0.25) is 0 Å². The molecule has 1 N–H and O–H groups in total. The number of aromatic hydroxyl groups is 1. The first-order valence-electron chi connectivity index (χ1n) is 9.94. The van der Waals surface area contributed by atoms with Crippen LogP contribution in [-0.4, -0.2) is 5.11 Å². The molecule has 138 valence electrons. The minimum Gasteiger partial charge on any atom is -0.507 e. The Bertz CT molecular complexity index is 500. The second kappa shape index (κ2) is 8.92. The van der Waals surface area contributed by atoms with Crippen LogP contribution in [0.5, 0.6) is 5.75 Å². The first-order valence-corrected chi connectivity index (χ1v) is 9.94. The van der Waals surface area contributed by atoms with Crippen LogP contribution in [0.4, 0.5) is 0 Å². The average molecular weight is 333 g/mol. The van der Waals surface area contributed by atoms with E-state index in [9.17, 15) is 5.11 Å². The number of hydrogen-bond acceptors (Lipinski definition) is 1. The first kappa shape index (κ1) is 21.1. The summed E-state index contributed by atoms with van der Waals surface area (Å²) in [5.41, 5.74) is 3.65. The summed E-state index contributed by atoms with van der Waals surface area (Å²) < 4.78 is 0. The molecule has 1 aromatic carbocycles. The normalized spacial score (nSPS) is 12.6. The van der Waals surface area contributed by atoms with Gasteiger partial charge in [-0.05, 0) is 40.4 Å². The Kier molecular flexibility index (Phi) is 7.83. The number of hydrogen-bond donors (Lipinski definition) is 1. The van der Waals surface area contributed by atoms with Crippen molar-refractivity contribution in [3.8, 4) is 5.75 Å². The van der Waals surface area contributed by atoms with Crippen LogP contribution in [0.2, 0.25) is 0 Å². The van der Waals surface area contributed by atoms with Crippen molar-refractivity contribution in [1.29, 1.82) is 0 Å². The van der Waals surface area contributed by atoms with Gasteiger partial charge in [0.05, 0.1) is 0 Å². The zero-order valence-corrected chi connectivity index (χ0v) is 17.3. The highest BCUT2D eigenvalue weighted by molar-refractivity contribution is 5.48. The highest BCUT2D eigenvalue weighted by Crippen LogP contribution is 2.38. The van der Waals surface area contributed by atoms with Crippen molar-refractivity contribution in [1.82, 2.24) is 0 Å². The fourth-order valence-electron chi connectivity index (χ4n) is 3.16. The fourth-order valence-corrected chi connectivity index (χ4v) is 3.16. The molecule has 0 radical (unpaired) electrons. The molecule has 0 unspecified atom stereocenters. The summed E-state index contributed by atoms with van der Waals surface area (Å²) in [6.45, 7) is 15.6. The van der Waals surface area contributed by atoms with Crippen LogP contribution in [0.3, 0.4) is 0 Å². The molecule has 1 nitrogen and oxygen atoms in total. The third-order valence-corrected chi connectivity index (χ3v) is 4.91. The molecule has 0 atom stereocenters. The smallest absolute Gasteiger partial charge is 0.122 e. The maximum atomic E-state index is 10.8. The molecule has 0 aromatic heterocycles. The Balaban J connectivity index is 2.82. The minimum atomic E-state index is -0.0275. The van der Waals surface area contributed by atoms with Crippen LogP contribution in [0.1, 0.15) is 110 Å². The van der Waals surface area contributed by atoms with Crippen molar-refractivity contribution in [2.75, 3.05) is 0 Å². The Hall–Kier alpha value is -0.980. The van der Waals surface area contributed by atoms with E-state index < -0.39 is 0 Å². The Morgan fingerprint density at radius 1 is 0.750 bits per heavy atom. The Morgan fingerprint density at radius 3 is 1.79 bits per heavy atom. The van der Waals surface area contributed by atoms with Crippen LogP contribution in [0.25, 0.3) is 0 Å². The van der Waals surface area contributed by atoms with E-state index >= 15 is 0 Å². The molecular formula is C23H40O. The predicted molar refractivity (Wildman–Crippen MR) is 107 cm³/mol. The van der Waals surface area contributed by atoms with Crippen LogP contribution in [-0.2, 0) is 17.3 Å². The number of benzene rings is 1. The van der Waals surface area contributed by atoms with Crippen molar-refractivity contribution in [2.24, 2.45) is 0 Å². The van der Waals surface area contributed by atoms with Gasteiger partial charge in [-0.1, -0.05) is 99.1 Å². The highest BCUT2D eigenvalue weighted by atomic mass is 16.3. The molecule has 0 amide bonds. The molecule has 1 rings (SSSR count). The molecule has 0 saturated heterocycles. The fraction of sp³-hybridized carbons (Fsp3) is 0.739. The van der Waals surface area contributed by atoms with E-state index in [1.165, 1.54) is 50.5 Å². The number of aryl methyl sites for hydroxylation is 1. The van der Waals surface area contributed by atoms with E-state index in [-0.39, 0.29) is 10.8 Å². The van der Waals surface area contributed by atoms with E-state index in [1.54, 1.807) is 0 Å². The molecule has 1 aromatic rings. The van der Waals surface area contributed by atoms with Gasteiger partial charge >= 0.3 is 0 Å². The van der Waals surface area contributed by atoms with E-state index in [0.29, 0.717) is 5.75 Å². The Morgan fingerprint density at radius 2 is 1.29 bits per heavy atom. The lowest BCUT2D eigenvalue weighted by atomic mass is 9.78. The lowest BCUT2D eigenvalue weighted by molar-refractivity contribution is 0.436. The van der Waals surface area contributed by atoms with Gasteiger partial charge in [0, 0.05) is 0 Å². The molecule has 0 spiro atoms. The molecule has 0 bridgehead atoms. The quantitative estimate of drug-likeness (QED) is 0.496. The SMILES string of the molecule is CCCCCCCCCc1cc(C(C)(C)C)cc(C(C)(C)C)c1O. The molecule has 0 fully saturated rings. The number of rotatable bonds is 8. The van der Waals surface area contributed by atoms with Crippen molar-refractivity contribution in [3.05, 3.63) is 28.8 Å². The standard InChI is InChI=1S/C23H40O/c1-8-9-10-11-12-13-14-15-18-16-19(22(2,3)4)17-20(21(18)24)23(5,6)7/h16-17,24H,8-15H2,1-7H3. The van der Waals surface area contributed by atoms with Gasteiger partial charge in [-0.15, -0.1) is 0 Å². The van der Waals surface area contributed by atoms with Gasteiger partial charge in [0.25, 0.3) is 0 Å². The number of phenolic OH excluding ortho intramolecular Hbond substituents is 1. The molecule has 0 aliphatic heterocycles. The molecule has 1 heteroatoms. The summed E-state index contributed by atoms with van der Waals surface area (Å²) in [7, 11) is 0. The molecule has 0 heterocycles. The van der Waals surface area contributed by atoms with Gasteiger partial charge in [0.15, 0.2) is 0 Å². The monoisotopic (exact) mass is 332 g/mol. The van der Waals surface area contributed by atoms with E-state index in [4.69, 9.17) is 0 Å². The Labute approximate surface area is 150 Å². The van der Waals surface area contributed by atoms with Gasteiger partial charge in [-0.2, -0.15) is 0 Å². The second-order valence-electron chi connectivity index (χ2n) is 9.40. The largest absolute Gasteiger partial charge is 0.507 e. The third kappa shape index (κ3) is 6.49. The van der Waals surface area contributed by atoms with E-state index in [1.807, 2.05) is 0 Å². The average Bonchev–Trinajstić information content (AvgIpc) is 2.45. The number of phenols is 1. The summed E-state index contributed by atoms with van der Waals surface area (Å²) >= 11 is 0. The van der Waals surface area contributed by atoms with E-state index in [2.05, 4.69) is 60.6 Å². The summed E-state index contributed by atoms with van der Waals surface area (Å²) in [5, 5.41) is 10.8. The van der Waals surface area contributed by atoms with Crippen LogP contribution in [0.15, 0.2) is 12.1 Å². The van der Waals surface area contributed by atoms with Gasteiger partial charge in [-0.25, -0.2) is 0 Å². The summed E-state index contributed by atoms with van der Waals surface area (Å²) in [4.78, 5) is 0. The topological polar surface area (TPSA) is 20.2 Å². The molecular weight excluding hydrogens is 292 g/mol. The van der Waals surface area contributed by atoms with Gasteiger partial charge in [0.1, 0.15) is 5.75 Å². The molecule has 24 heavy (non-hydrogen) atoms. The third-order valence-electron chi connectivity index (χ3n) is 4.91. The van der Waals surface area contributed by atoms with Crippen LogP contribution >= 0.6 is 0 Å². The minimum absolute atomic E-state index is 0.0275. The molecule has 0 aliphatic carbocycles. The predicted octanol–water partition coefficient (Wildman–Crippen LogP) is 7.28. The highest BCUT2D eigenvalue weighted by Gasteiger charge is 2.24. The number of unbranched alkanes of at least 4 members (excludes halogenated alkanes) is 6. The maximum Gasteiger partial charge on any atom is 0.122 e. The van der Waals surface area contributed by atoms with Crippen molar-refractivity contribution < 1.29 is 5.11 Å². The second-order valence-corrected chi connectivity index (χ2v) is 9.40. The van der Waals surface area contributed by atoms with Crippen molar-refractivity contribution in [2.45, 2.75) is 111 Å². The summed E-state index contributed by atoms with van der Waals surface area (Å²) in [6.07, 6.45) is 10.2. The zero-order chi connectivity index (χ0) is 18.4.